The van der Waals surface area contributed by atoms with Crippen LogP contribution < -0.4 is 4.90 Å². The average molecular weight is 655 g/mol. The van der Waals surface area contributed by atoms with E-state index in [0.717, 1.165) is 12.8 Å². The zero-order valence-electron chi connectivity index (χ0n) is 28.7. The molecule has 10 rings (SSSR count). The summed E-state index contributed by atoms with van der Waals surface area (Å²) in [6.07, 6.45) is 18.1. The number of aromatic nitrogens is 1. The molecule has 0 bridgehead atoms. The summed E-state index contributed by atoms with van der Waals surface area (Å²) in [5.41, 5.74) is 15.4. The number of rotatable bonds is 5. The molecule has 2 heteroatoms. The summed E-state index contributed by atoms with van der Waals surface area (Å²) in [6.45, 7) is 2.29. The highest BCUT2D eigenvalue weighted by Gasteiger charge is 2.38. The molecule has 0 N–H and O–H groups in total. The van der Waals surface area contributed by atoms with Gasteiger partial charge in [-0.15, -0.1) is 0 Å². The van der Waals surface area contributed by atoms with E-state index in [9.17, 15) is 0 Å². The molecule has 0 spiro atoms. The molecule has 51 heavy (non-hydrogen) atoms. The lowest BCUT2D eigenvalue weighted by molar-refractivity contribution is 0.740. The van der Waals surface area contributed by atoms with Crippen LogP contribution in [0.1, 0.15) is 53.1 Å². The largest absolute Gasteiger partial charge is 0.333 e. The molecular weight excluding hydrogens is 617 g/mol. The summed E-state index contributed by atoms with van der Waals surface area (Å²) >= 11 is 0. The average Bonchev–Trinajstić information content (AvgIpc) is 3.70. The number of fused-ring (bicyclic) bond motifs is 6. The van der Waals surface area contributed by atoms with Crippen LogP contribution in [-0.4, -0.2) is 10.6 Å². The minimum atomic E-state index is 0.168. The van der Waals surface area contributed by atoms with E-state index in [2.05, 4.69) is 186 Å². The zero-order valence-corrected chi connectivity index (χ0v) is 28.7. The molecule has 4 unspecified atom stereocenters. The minimum Gasteiger partial charge on any atom is -0.333 e. The quantitative estimate of drug-likeness (QED) is 0.168. The second-order valence-corrected chi connectivity index (χ2v) is 14.4. The molecule has 3 aliphatic carbocycles. The van der Waals surface area contributed by atoms with E-state index >= 15 is 0 Å². The van der Waals surface area contributed by atoms with Crippen LogP contribution in [0.3, 0.4) is 0 Å². The van der Waals surface area contributed by atoms with Crippen molar-refractivity contribution in [3.05, 3.63) is 186 Å². The summed E-state index contributed by atoms with van der Waals surface area (Å²) in [5, 5.41) is 1.33. The van der Waals surface area contributed by atoms with Gasteiger partial charge in [0.2, 0.25) is 0 Å². The van der Waals surface area contributed by atoms with E-state index in [-0.39, 0.29) is 17.9 Å². The van der Waals surface area contributed by atoms with Gasteiger partial charge in [-0.1, -0.05) is 134 Å². The van der Waals surface area contributed by atoms with Crippen molar-refractivity contribution in [3.63, 3.8) is 0 Å². The number of allylic oxidation sites excluding steroid dienone is 6. The van der Waals surface area contributed by atoms with Gasteiger partial charge in [-0.25, -0.2) is 0 Å². The van der Waals surface area contributed by atoms with Gasteiger partial charge in [-0.3, -0.25) is 0 Å². The Morgan fingerprint density at radius 1 is 0.706 bits per heavy atom. The second-order valence-electron chi connectivity index (χ2n) is 14.4. The summed E-state index contributed by atoms with van der Waals surface area (Å²) in [4.78, 5) is 2.52. The van der Waals surface area contributed by atoms with Crippen LogP contribution in [0.25, 0.3) is 39.4 Å². The Hall–Kier alpha value is -6.04. The number of hydrogen-bond acceptors (Lipinski definition) is 1. The van der Waals surface area contributed by atoms with Crippen molar-refractivity contribution >= 4 is 33.9 Å². The molecular formula is C49H38N2. The fourth-order valence-electron chi connectivity index (χ4n) is 8.73. The van der Waals surface area contributed by atoms with Crippen molar-refractivity contribution in [2.75, 3.05) is 4.90 Å². The Balaban J connectivity index is 1.02. The summed E-state index contributed by atoms with van der Waals surface area (Å²) in [7, 11) is 0. The molecule has 0 fully saturated rings. The Bertz CT molecular complexity index is 2510. The summed E-state index contributed by atoms with van der Waals surface area (Å²) < 4.78 is 2.45. The lowest BCUT2D eigenvalue weighted by atomic mass is 9.85. The van der Waals surface area contributed by atoms with E-state index in [4.69, 9.17) is 0 Å². The molecule has 0 saturated heterocycles. The highest BCUT2D eigenvalue weighted by Crippen LogP contribution is 2.48. The van der Waals surface area contributed by atoms with Crippen LogP contribution in [0.5, 0.6) is 0 Å². The van der Waals surface area contributed by atoms with Gasteiger partial charge >= 0.3 is 0 Å². The normalized spacial score (nSPS) is 21.1. The molecule has 4 aliphatic rings. The van der Waals surface area contributed by atoms with Crippen LogP contribution in [0, 0.1) is 17.8 Å². The highest BCUT2D eigenvalue weighted by atomic mass is 15.2. The van der Waals surface area contributed by atoms with Crippen molar-refractivity contribution in [1.29, 1.82) is 0 Å². The third-order valence-corrected chi connectivity index (χ3v) is 11.2. The third kappa shape index (κ3) is 5.04. The summed E-state index contributed by atoms with van der Waals surface area (Å²) in [6, 6.07) is 45.0. The molecule has 6 aromatic rings. The van der Waals surface area contributed by atoms with Gasteiger partial charge in [0.05, 0.1) is 17.5 Å². The van der Waals surface area contributed by atoms with Gasteiger partial charge in [-0.2, -0.15) is 0 Å². The molecule has 1 aromatic heterocycles. The van der Waals surface area contributed by atoms with E-state index < -0.39 is 0 Å². The SMILES string of the molecule is CC1C=C(c2ccc(N3c4cc(C5C=Cc6c(c7ccccc7n6-c6cccc(-c7ccccc7)c6)C5)ccc4C4C#CC=CC43)cc2)C=CC1. The molecule has 5 aromatic carbocycles. The fourth-order valence-corrected chi connectivity index (χ4v) is 8.73. The molecule has 2 nitrogen and oxygen atoms in total. The topological polar surface area (TPSA) is 8.17 Å². The Morgan fingerprint density at radius 2 is 1.55 bits per heavy atom. The van der Waals surface area contributed by atoms with Crippen LogP contribution >= 0.6 is 0 Å². The summed E-state index contributed by atoms with van der Waals surface area (Å²) in [5.74, 6) is 7.85. The van der Waals surface area contributed by atoms with Gasteiger partial charge in [0.1, 0.15) is 0 Å². The van der Waals surface area contributed by atoms with Crippen molar-refractivity contribution in [3.8, 4) is 28.7 Å². The zero-order chi connectivity index (χ0) is 33.9. The minimum absolute atomic E-state index is 0.168. The van der Waals surface area contributed by atoms with Crippen LogP contribution in [0.15, 0.2) is 158 Å². The fraction of sp³-hybridized carbons (Fsp3) is 0.143. The van der Waals surface area contributed by atoms with Crippen LogP contribution in [0.4, 0.5) is 11.4 Å². The van der Waals surface area contributed by atoms with E-state index in [1.54, 1.807) is 0 Å². The maximum atomic E-state index is 3.56. The lowest BCUT2D eigenvalue weighted by Gasteiger charge is -2.28. The molecule has 0 saturated carbocycles. The number of benzene rings is 5. The Kier molecular flexibility index (Phi) is 7.07. The second kappa shape index (κ2) is 12.1. The maximum absolute atomic E-state index is 3.56. The predicted molar refractivity (Wildman–Crippen MR) is 214 cm³/mol. The van der Waals surface area contributed by atoms with Gasteiger partial charge in [0.25, 0.3) is 0 Å². The first kappa shape index (κ1) is 29.8. The van der Waals surface area contributed by atoms with Gasteiger partial charge in [0.15, 0.2) is 0 Å². The van der Waals surface area contributed by atoms with Crippen molar-refractivity contribution in [1.82, 2.24) is 4.57 Å². The third-order valence-electron chi connectivity index (χ3n) is 11.2. The maximum Gasteiger partial charge on any atom is 0.0719 e. The Morgan fingerprint density at radius 3 is 2.43 bits per heavy atom. The first-order chi connectivity index (χ1) is 25.2. The molecule has 4 atom stereocenters. The number of para-hydroxylation sites is 1. The van der Waals surface area contributed by atoms with Crippen molar-refractivity contribution < 1.29 is 0 Å². The number of nitrogens with zero attached hydrogens (tertiary/aromatic N) is 2. The molecule has 2 heterocycles. The number of hydrogen-bond donors (Lipinski definition) is 0. The molecule has 0 amide bonds. The van der Waals surface area contributed by atoms with E-state index in [1.807, 2.05) is 6.08 Å². The highest BCUT2D eigenvalue weighted by molar-refractivity contribution is 5.91. The number of anilines is 2. The lowest BCUT2D eigenvalue weighted by Crippen LogP contribution is -2.28. The first-order valence-corrected chi connectivity index (χ1v) is 18.3. The molecule has 244 valence electrons. The van der Waals surface area contributed by atoms with Crippen molar-refractivity contribution in [2.24, 2.45) is 5.92 Å². The monoisotopic (exact) mass is 654 g/mol. The predicted octanol–water partition coefficient (Wildman–Crippen LogP) is 11.8. The molecule has 0 radical (unpaired) electrons. The van der Waals surface area contributed by atoms with Crippen LogP contribution in [-0.2, 0) is 6.42 Å². The van der Waals surface area contributed by atoms with Crippen LogP contribution in [0.2, 0.25) is 0 Å². The first-order valence-electron chi connectivity index (χ1n) is 18.3. The van der Waals surface area contributed by atoms with Gasteiger partial charge in [0, 0.05) is 34.1 Å². The standard InChI is InChI=1S/C49H38N2/c1-33-11-9-14-36(29-33)35-21-25-40(26-22-35)50-46-19-7-5-17-42(46)44-27-23-39(32-49(44)50)38-24-28-48-45(31-38)43-18-6-8-20-47(43)51(48)41-16-10-15-37(30-41)34-12-3-2-4-13-34/h2-4,6-10,12-16,18-30,32-33,38,42,46H,11,31H2,1H3. The van der Waals surface area contributed by atoms with Gasteiger partial charge in [-0.05, 0) is 106 Å². The Labute approximate surface area is 300 Å². The van der Waals surface area contributed by atoms with Crippen molar-refractivity contribution in [2.45, 2.75) is 37.6 Å². The van der Waals surface area contributed by atoms with E-state index in [0.29, 0.717) is 5.92 Å². The molecule has 1 aliphatic heterocycles. The van der Waals surface area contributed by atoms with E-state index in [1.165, 1.54) is 72.6 Å². The smallest absolute Gasteiger partial charge is 0.0719 e. The van der Waals surface area contributed by atoms with Gasteiger partial charge < -0.3 is 9.47 Å².